The molecule has 1 atom stereocenters. The Labute approximate surface area is 127 Å². The van der Waals surface area contributed by atoms with Gasteiger partial charge in [-0.1, -0.05) is 19.4 Å². The number of piperidine rings is 1. The number of hydrogen-bond donors (Lipinski definition) is 2. The van der Waals surface area contributed by atoms with Crippen LogP contribution in [0.15, 0.2) is 24.3 Å². The average Bonchev–Trinajstić information content (AvgIpc) is 2.49. The molecule has 2 rings (SSSR count). The molecule has 0 saturated carbocycles. The maximum absolute atomic E-state index is 12.8. The van der Waals surface area contributed by atoms with Crippen LogP contribution in [0.3, 0.4) is 0 Å². The molecule has 1 fully saturated rings. The van der Waals surface area contributed by atoms with Gasteiger partial charge in [0.1, 0.15) is 5.75 Å². The molecule has 21 heavy (non-hydrogen) atoms. The summed E-state index contributed by atoms with van der Waals surface area (Å²) in [5.41, 5.74) is 0.543. The molecule has 4 nitrogen and oxygen atoms in total. The second-order valence-electron chi connectivity index (χ2n) is 5.73. The molecule has 1 unspecified atom stereocenters. The molecule has 0 spiro atoms. The van der Waals surface area contributed by atoms with Crippen molar-refractivity contribution in [1.82, 2.24) is 5.32 Å². The summed E-state index contributed by atoms with van der Waals surface area (Å²) in [4.78, 5) is 12.8. The van der Waals surface area contributed by atoms with Crippen molar-refractivity contribution in [2.45, 2.75) is 39.5 Å². The highest BCUT2D eigenvalue weighted by Crippen LogP contribution is 2.33. The van der Waals surface area contributed by atoms with E-state index in [1.807, 2.05) is 31.2 Å². The summed E-state index contributed by atoms with van der Waals surface area (Å²) in [6.07, 6.45) is 3.97. The van der Waals surface area contributed by atoms with E-state index in [1.54, 1.807) is 0 Å². The molecule has 1 aliphatic heterocycles. The number of nitrogens with one attached hydrogen (secondary N) is 2. The zero-order valence-electron chi connectivity index (χ0n) is 13.1. The van der Waals surface area contributed by atoms with Gasteiger partial charge in [0, 0.05) is 18.3 Å². The second kappa shape index (κ2) is 7.46. The molecule has 116 valence electrons. The van der Waals surface area contributed by atoms with Crippen molar-refractivity contribution < 1.29 is 9.53 Å². The predicted octanol–water partition coefficient (Wildman–Crippen LogP) is 3.19. The lowest BCUT2D eigenvalue weighted by atomic mass is 9.76. The van der Waals surface area contributed by atoms with Gasteiger partial charge < -0.3 is 15.4 Å². The molecule has 1 amide bonds. The van der Waals surface area contributed by atoms with Crippen molar-refractivity contribution >= 4 is 11.6 Å². The highest BCUT2D eigenvalue weighted by atomic mass is 16.5. The summed E-state index contributed by atoms with van der Waals surface area (Å²) in [7, 11) is 0. The van der Waals surface area contributed by atoms with Gasteiger partial charge in [-0.2, -0.15) is 0 Å². The Hall–Kier alpha value is -1.55. The maximum Gasteiger partial charge on any atom is 0.231 e. The maximum atomic E-state index is 12.8. The molecule has 1 saturated heterocycles. The Morgan fingerprint density at radius 3 is 2.95 bits per heavy atom. The minimum atomic E-state index is -0.269. The quantitative estimate of drug-likeness (QED) is 0.846. The highest BCUT2D eigenvalue weighted by Gasteiger charge is 2.38. The van der Waals surface area contributed by atoms with Crippen molar-refractivity contribution in [2.24, 2.45) is 5.41 Å². The Kier molecular flexibility index (Phi) is 5.62. The van der Waals surface area contributed by atoms with E-state index in [2.05, 4.69) is 17.6 Å². The van der Waals surface area contributed by atoms with Gasteiger partial charge in [0.05, 0.1) is 12.0 Å². The summed E-state index contributed by atoms with van der Waals surface area (Å²) in [6.45, 7) is 6.51. The van der Waals surface area contributed by atoms with Gasteiger partial charge in [0.25, 0.3) is 0 Å². The molecule has 0 radical (unpaired) electrons. The first kappa shape index (κ1) is 15.8. The third kappa shape index (κ3) is 3.97. The van der Waals surface area contributed by atoms with Crippen molar-refractivity contribution in [1.29, 1.82) is 0 Å². The van der Waals surface area contributed by atoms with E-state index in [1.165, 1.54) is 0 Å². The fraction of sp³-hybridized carbons (Fsp3) is 0.588. The normalized spacial score (nSPS) is 21.8. The second-order valence-corrected chi connectivity index (χ2v) is 5.73. The van der Waals surface area contributed by atoms with Gasteiger partial charge in [0.2, 0.25) is 5.91 Å². The van der Waals surface area contributed by atoms with Crippen LogP contribution in [-0.2, 0) is 4.79 Å². The summed E-state index contributed by atoms with van der Waals surface area (Å²) >= 11 is 0. The Morgan fingerprint density at radius 1 is 1.43 bits per heavy atom. The van der Waals surface area contributed by atoms with Gasteiger partial charge in [-0.15, -0.1) is 0 Å². The van der Waals surface area contributed by atoms with Crippen LogP contribution in [0.4, 0.5) is 5.69 Å². The Balaban J connectivity index is 2.09. The van der Waals surface area contributed by atoms with Gasteiger partial charge in [-0.25, -0.2) is 0 Å². The van der Waals surface area contributed by atoms with Crippen LogP contribution in [0.1, 0.15) is 39.5 Å². The molecule has 4 heteroatoms. The lowest BCUT2D eigenvalue weighted by Crippen LogP contribution is -2.48. The van der Waals surface area contributed by atoms with Crippen LogP contribution in [0.25, 0.3) is 0 Å². The van der Waals surface area contributed by atoms with E-state index >= 15 is 0 Å². The highest BCUT2D eigenvalue weighted by molar-refractivity contribution is 5.95. The van der Waals surface area contributed by atoms with Crippen LogP contribution in [0.5, 0.6) is 5.75 Å². The van der Waals surface area contributed by atoms with Gasteiger partial charge in [-0.3, -0.25) is 4.79 Å². The zero-order chi connectivity index (χ0) is 15.1. The van der Waals surface area contributed by atoms with Gasteiger partial charge >= 0.3 is 0 Å². The topological polar surface area (TPSA) is 50.4 Å². The number of anilines is 1. The number of rotatable bonds is 6. The number of carbonyl (C=O) groups excluding carboxylic acids is 1. The molecule has 0 aromatic heterocycles. The van der Waals surface area contributed by atoms with E-state index in [9.17, 15) is 4.79 Å². The number of amides is 1. The van der Waals surface area contributed by atoms with E-state index < -0.39 is 0 Å². The van der Waals surface area contributed by atoms with Crippen molar-refractivity contribution in [3.8, 4) is 5.75 Å². The number of carbonyl (C=O) groups is 1. The van der Waals surface area contributed by atoms with E-state index in [0.29, 0.717) is 6.61 Å². The number of ether oxygens (including phenoxy) is 1. The van der Waals surface area contributed by atoms with Crippen LogP contribution < -0.4 is 15.4 Å². The van der Waals surface area contributed by atoms with Crippen molar-refractivity contribution in [3.63, 3.8) is 0 Å². The van der Waals surface area contributed by atoms with Gasteiger partial charge in [-0.05, 0) is 44.9 Å². The Bertz CT molecular complexity index is 462. The first-order chi connectivity index (χ1) is 10.2. The van der Waals surface area contributed by atoms with Crippen LogP contribution in [0, 0.1) is 5.41 Å². The monoisotopic (exact) mass is 290 g/mol. The lowest BCUT2D eigenvalue weighted by Gasteiger charge is -2.36. The third-order valence-electron chi connectivity index (χ3n) is 4.09. The molecule has 0 bridgehead atoms. The molecule has 0 aliphatic carbocycles. The van der Waals surface area contributed by atoms with Crippen LogP contribution in [-0.4, -0.2) is 25.6 Å². The largest absolute Gasteiger partial charge is 0.494 e. The fourth-order valence-electron chi connectivity index (χ4n) is 3.06. The minimum absolute atomic E-state index is 0.130. The number of hydrogen-bond acceptors (Lipinski definition) is 3. The Morgan fingerprint density at radius 2 is 2.29 bits per heavy atom. The average molecular weight is 290 g/mol. The number of benzene rings is 1. The summed E-state index contributed by atoms with van der Waals surface area (Å²) in [6, 6.07) is 7.61. The SMILES string of the molecule is CCCC1(C(=O)Nc2cccc(OCC)c2)CCCNC1. The molecular weight excluding hydrogens is 264 g/mol. The summed E-state index contributed by atoms with van der Waals surface area (Å²) in [5.74, 6) is 0.923. The molecule has 1 heterocycles. The first-order valence-electron chi connectivity index (χ1n) is 7.95. The van der Waals surface area contributed by atoms with Crippen molar-refractivity contribution in [2.75, 3.05) is 25.0 Å². The molecule has 1 aromatic rings. The van der Waals surface area contributed by atoms with E-state index in [-0.39, 0.29) is 11.3 Å². The van der Waals surface area contributed by atoms with Crippen molar-refractivity contribution in [3.05, 3.63) is 24.3 Å². The summed E-state index contributed by atoms with van der Waals surface area (Å²) < 4.78 is 5.48. The first-order valence-corrected chi connectivity index (χ1v) is 7.95. The van der Waals surface area contributed by atoms with E-state index in [4.69, 9.17) is 4.74 Å². The van der Waals surface area contributed by atoms with Gasteiger partial charge in [0.15, 0.2) is 0 Å². The molecule has 1 aliphatic rings. The fourth-order valence-corrected chi connectivity index (χ4v) is 3.06. The molecular formula is C17H26N2O2. The zero-order valence-corrected chi connectivity index (χ0v) is 13.1. The molecule has 2 N–H and O–H groups in total. The van der Waals surface area contributed by atoms with Crippen LogP contribution >= 0.6 is 0 Å². The predicted molar refractivity (Wildman–Crippen MR) is 85.7 cm³/mol. The summed E-state index contributed by atoms with van der Waals surface area (Å²) in [5, 5.41) is 6.45. The van der Waals surface area contributed by atoms with Crippen LogP contribution in [0.2, 0.25) is 0 Å². The minimum Gasteiger partial charge on any atom is -0.494 e. The third-order valence-corrected chi connectivity index (χ3v) is 4.09. The smallest absolute Gasteiger partial charge is 0.231 e. The lowest BCUT2D eigenvalue weighted by molar-refractivity contribution is -0.127. The molecule has 1 aromatic carbocycles. The standard InChI is InChI=1S/C17H26N2O2/c1-3-9-17(10-6-11-18-13-17)16(20)19-14-7-5-8-15(12-14)21-4-2/h5,7-8,12,18H,3-4,6,9-11,13H2,1-2H3,(H,19,20). The van der Waals surface area contributed by atoms with E-state index in [0.717, 1.165) is 50.2 Å².